The monoisotopic (exact) mass is 399 g/mol. The summed E-state index contributed by atoms with van der Waals surface area (Å²) in [5, 5.41) is 2.66. The number of ketones is 2. The summed E-state index contributed by atoms with van der Waals surface area (Å²) in [5.74, 6) is -2.09. The quantitative estimate of drug-likeness (QED) is 0.676. The van der Waals surface area contributed by atoms with Crippen molar-refractivity contribution < 1.29 is 23.9 Å². The van der Waals surface area contributed by atoms with Crippen molar-refractivity contribution in [3.8, 4) is 0 Å². The molecule has 0 radical (unpaired) electrons. The highest BCUT2D eigenvalue weighted by Gasteiger charge is 2.31. The van der Waals surface area contributed by atoms with E-state index in [4.69, 9.17) is 16.3 Å². The van der Waals surface area contributed by atoms with Gasteiger partial charge in [0.2, 0.25) is 0 Å². The lowest BCUT2D eigenvalue weighted by molar-refractivity contribution is -0.156. The summed E-state index contributed by atoms with van der Waals surface area (Å²) < 4.78 is 5.07. The van der Waals surface area contributed by atoms with E-state index in [1.54, 1.807) is 38.1 Å². The number of ether oxygens (including phenoxy) is 1. The van der Waals surface area contributed by atoms with Gasteiger partial charge in [0.1, 0.15) is 0 Å². The van der Waals surface area contributed by atoms with Gasteiger partial charge in [-0.25, -0.2) is 0 Å². The Balaban J connectivity index is 1.89. The third kappa shape index (κ3) is 3.55. The molecule has 28 heavy (non-hydrogen) atoms. The molecule has 0 heterocycles. The van der Waals surface area contributed by atoms with Crippen LogP contribution in [0.15, 0.2) is 36.4 Å². The number of hydrogen-bond acceptors (Lipinski definition) is 5. The zero-order valence-electron chi connectivity index (χ0n) is 15.5. The van der Waals surface area contributed by atoms with Crippen LogP contribution in [0.5, 0.6) is 0 Å². The van der Waals surface area contributed by atoms with Crippen LogP contribution in [0.3, 0.4) is 0 Å². The summed E-state index contributed by atoms with van der Waals surface area (Å²) in [6.07, 6.45) is -1.04. The number of nitrogens with one attached hydrogen (secondary N) is 1. The van der Waals surface area contributed by atoms with Crippen LogP contribution < -0.4 is 5.32 Å². The number of halogens is 1. The number of amides is 1. The SMILES string of the molecule is CC(C)C(=O)O[C@@H](C)C(=O)Nc1cc2c(cc1Cl)C(=O)c1ccccc1C2=O. The molecule has 0 bridgehead atoms. The van der Waals surface area contributed by atoms with E-state index < -0.39 is 18.0 Å². The molecule has 0 spiro atoms. The van der Waals surface area contributed by atoms with Crippen LogP contribution in [0.2, 0.25) is 5.02 Å². The van der Waals surface area contributed by atoms with E-state index in [9.17, 15) is 19.2 Å². The Bertz CT molecular complexity index is 1010. The van der Waals surface area contributed by atoms with Crippen molar-refractivity contribution >= 4 is 40.7 Å². The van der Waals surface area contributed by atoms with Crippen LogP contribution >= 0.6 is 11.6 Å². The molecule has 0 unspecified atom stereocenters. The molecule has 1 aliphatic rings. The highest BCUT2D eigenvalue weighted by atomic mass is 35.5. The lowest BCUT2D eigenvalue weighted by Gasteiger charge is -2.20. The number of carbonyl (C=O) groups is 4. The van der Waals surface area contributed by atoms with Gasteiger partial charge in [-0.15, -0.1) is 0 Å². The summed E-state index contributed by atoms with van der Waals surface area (Å²) in [5.41, 5.74) is 1.14. The third-order valence-electron chi connectivity index (χ3n) is 4.40. The molecule has 1 aliphatic carbocycles. The number of hydrogen-bond donors (Lipinski definition) is 1. The highest BCUT2D eigenvalue weighted by molar-refractivity contribution is 6.36. The number of benzene rings is 2. The van der Waals surface area contributed by atoms with Crippen LogP contribution in [0, 0.1) is 5.92 Å². The Morgan fingerprint density at radius 1 is 0.929 bits per heavy atom. The van der Waals surface area contributed by atoms with E-state index in [2.05, 4.69) is 5.32 Å². The Labute approximate surface area is 166 Å². The predicted octanol–water partition coefficient (Wildman–Crippen LogP) is 3.64. The topological polar surface area (TPSA) is 89.5 Å². The molecule has 0 saturated carbocycles. The average molecular weight is 400 g/mol. The first-order valence-corrected chi connectivity index (χ1v) is 9.11. The molecule has 0 fully saturated rings. The van der Waals surface area contributed by atoms with Gasteiger partial charge in [0.15, 0.2) is 17.7 Å². The second kappa shape index (κ2) is 7.56. The Morgan fingerprint density at radius 3 is 2.00 bits per heavy atom. The van der Waals surface area contributed by atoms with Crippen molar-refractivity contribution in [1.29, 1.82) is 0 Å². The van der Waals surface area contributed by atoms with Crippen LogP contribution in [0.1, 0.15) is 52.6 Å². The number of fused-ring (bicyclic) bond motifs is 2. The first-order valence-electron chi connectivity index (χ1n) is 8.74. The molecular weight excluding hydrogens is 382 g/mol. The van der Waals surface area contributed by atoms with Gasteiger partial charge < -0.3 is 10.1 Å². The van der Waals surface area contributed by atoms with Crippen molar-refractivity contribution in [3.05, 3.63) is 63.7 Å². The minimum absolute atomic E-state index is 0.106. The number of anilines is 1. The van der Waals surface area contributed by atoms with Crippen molar-refractivity contribution in [1.82, 2.24) is 0 Å². The maximum absolute atomic E-state index is 12.8. The van der Waals surface area contributed by atoms with Gasteiger partial charge in [-0.3, -0.25) is 19.2 Å². The molecule has 3 rings (SSSR count). The minimum atomic E-state index is -1.04. The molecule has 1 atom stereocenters. The molecule has 7 heteroatoms. The molecule has 0 saturated heterocycles. The molecular formula is C21H18ClNO5. The van der Waals surface area contributed by atoms with E-state index in [-0.39, 0.29) is 39.3 Å². The van der Waals surface area contributed by atoms with Crippen molar-refractivity contribution in [2.24, 2.45) is 5.92 Å². The van der Waals surface area contributed by atoms with Crippen LogP contribution in [-0.2, 0) is 14.3 Å². The summed E-state index contributed by atoms with van der Waals surface area (Å²) in [4.78, 5) is 49.4. The standard InChI is InChI=1S/C21H18ClNO5/c1-10(2)21(27)28-11(3)20(26)23-17-9-15-14(8-16(17)22)18(24)12-6-4-5-7-13(12)19(15)25/h4-11H,1-3H3,(H,23,26)/t11-/m0/s1. The maximum atomic E-state index is 12.8. The average Bonchev–Trinajstić information content (AvgIpc) is 2.67. The van der Waals surface area contributed by atoms with Crippen molar-refractivity contribution in [2.45, 2.75) is 26.9 Å². The fourth-order valence-electron chi connectivity index (χ4n) is 2.81. The van der Waals surface area contributed by atoms with Gasteiger partial charge in [-0.1, -0.05) is 49.7 Å². The Kier molecular flexibility index (Phi) is 5.34. The van der Waals surface area contributed by atoms with Crippen LogP contribution in [-0.4, -0.2) is 29.5 Å². The van der Waals surface area contributed by atoms with Gasteiger partial charge >= 0.3 is 5.97 Å². The fourth-order valence-corrected chi connectivity index (χ4v) is 3.02. The van der Waals surface area contributed by atoms with Gasteiger partial charge in [0.25, 0.3) is 5.91 Å². The summed E-state index contributed by atoms with van der Waals surface area (Å²) in [6, 6.07) is 9.28. The van der Waals surface area contributed by atoms with E-state index in [0.29, 0.717) is 11.1 Å². The summed E-state index contributed by atoms with van der Waals surface area (Å²) >= 11 is 6.22. The summed E-state index contributed by atoms with van der Waals surface area (Å²) in [6.45, 7) is 4.76. The van der Waals surface area contributed by atoms with E-state index in [1.807, 2.05) is 0 Å². The molecule has 2 aromatic carbocycles. The largest absolute Gasteiger partial charge is 0.452 e. The van der Waals surface area contributed by atoms with E-state index in [0.717, 1.165) is 0 Å². The molecule has 2 aromatic rings. The second-order valence-corrected chi connectivity index (χ2v) is 7.21. The number of esters is 1. The molecule has 144 valence electrons. The smallest absolute Gasteiger partial charge is 0.309 e. The van der Waals surface area contributed by atoms with Crippen LogP contribution in [0.25, 0.3) is 0 Å². The first kappa shape index (κ1) is 19.8. The maximum Gasteiger partial charge on any atom is 0.309 e. The van der Waals surface area contributed by atoms with E-state index >= 15 is 0 Å². The lowest BCUT2D eigenvalue weighted by Crippen LogP contribution is -2.31. The van der Waals surface area contributed by atoms with Gasteiger partial charge in [-0.2, -0.15) is 0 Å². The van der Waals surface area contributed by atoms with Crippen molar-refractivity contribution in [2.75, 3.05) is 5.32 Å². The molecule has 6 nitrogen and oxygen atoms in total. The second-order valence-electron chi connectivity index (χ2n) is 6.80. The molecule has 1 N–H and O–H groups in total. The molecule has 0 aromatic heterocycles. The normalized spacial score (nSPS) is 13.6. The first-order chi connectivity index (χ1) is 13.2. The van der Waals surface area contributed by atoms with E-state index in [1.165, 1.54) is 19.1 Å². The molecule has 0 aliphatic heterocycles. The number of rotatable bonds is 4. The van der Waals surface area contributed by atoms with Gasteiger partial charge in [0.05, 0.1) is 16.6 Å². The fraction of sp³-hybridized carbons (Fsp3) is 0.238. The molecule has 1 amide bonds. The summed E-state index contributed by atoms with van der Waals surface area (Å²) in [7, 11) is 0. The Morgan fingerprint density at radius 2 is 1.46 bits per heavy atom. The minimum Gasteiger partial charge on any atom is -0.452 e. The number of carbonyl (C=O) groups excluding carboxylic acids is 4. The van der Waals surface area contributed by atoms with Crippen LogP contribution in [0.4, 0.5) is 5.69 Å². The van der Waals surface area contributed by atoms with Crippen molar-refractivity contribution in [3.63, 3.8) is 0 Å². The van der Waals surface area contributed by atoms with Gasteiger partial charge in [0, 0.05) is 22.3 Å². The predicted molar refractivity (Wildman–Crippen MR) is 104 cm³/mol. The Hall–Kier alpha value is -2.99. The zero-order chi connectivity index (χ0) is 20.6. The zero-order valence-corrected chi connectivity index (χ0v) is 16.3. The lowest BCUT2D eigenvalue weighted by atomic mass is 9.84. The van der Waals surface area contributed by atoms with Gasteiger partial charge in [-0.05, 0) is 19.1 Å². The third-order valence-corrected chi connectivity index (χ3v) is 4.72. The highest BCUT2D eigenvalue weighted by Crippen LogP contribution is 2.33.